The maximum absolute atomic E-state index is 11.8. The van der Waals surface area contributed by atoms with Crippen LogP contribution < -0.4 is 4.90 Å². The summed E-state index contributed by atoms with van der Waals surface area (Å²) in [6.45, 7) is 0.708. The Labute approximate surface area is 110 Å². The van der Waals surface area contributed by atoms with E-state index in [4.69, 9.17) is 5.26 Å². The Hall–Kier alpha value is -0.860. The smallest absolute Gasteiger partial charge is 0.240 e. The quantitative estimate of drug-likeness (QED) is 0.736. The third kappa shape index (κ3) is 2.00. The van der Waals surface area contributed by atoms with Gasteiger partial charge in [0.2, 0.25) is 5.91 Å². The van der Waals surface area contributed by atoms with Gasteiger partial charge in [0.1, 0.15) is 0 Å². The SMILES string of the molecule is N#Cc1ccc(N2CCC(Br)C2=O)c(Br)c1. The number of hydrogen-bond acceptors (Lipinski definition) is 2. The van der Waals surface area contributed by atoms with Crippen LogP contribution in [0.25, 0.3) is 0 Å². The van der Waals surface area contributed by atoms with Crippen molar-refractivity contribution in [2.45, 2.75) is 11.2 Å². The molecule has 0 aliphatic carbocycles. The number of halogens is 2. The van der Waals surface area contributed by atoms with Crippen molar-refractivity contribution < 1.29 is 4.79 Å². The third-order valence-corrected chi connectivity index (χ3v) is 3.99. The molecule has 5 heteroatoms. The van der Waals surface area contributed by atoms with Gasteiger partial charge in [-0.2, -0.15) is 5.26 Å². The summed E-state index contributed by atoms with van der Waals surface area (Å²) in [4.78, 5) is 13.4. The van der Waals surface area contributed by atoms with Gasteiger partial charge in [0.05, 0.1) is 22.1 Å². The second-order valence-corrected chi connectivity index (χ2v) is 5.48. The van der Waals surface area contributed by atoms with Crippen molar-refractivity contribution in [2.75, 3.05) is 11.4 Å². The molecule has 1 aliphatic rings. The van der Waals surface area contributed by atoms with Gasteiger partial charge in [-0.15, -0.1) is 0 Å². The highest BCUT2D eigenvalue weighted by Gasteiger charge is 2.31. The van der Waals surface area contributed by atoms with Crippen molar-refractivity contribution in [3.8, 4) is 6.07 Å². The van der Waals surface area contributed by atoms with Gasteiger partial charge < -0.3 is 4.90 Å². The van der Waals surface area contributed by atoms with E-state index >= 15 is 0 Å². The number of alkyl halides is 1. The predicted molar refractivity (Wildman–Crippen MR) is 68.5 cm³/mol. The number of anilines is 1. The lowest BCUT2D eigenvalue weighted by atomic mass is 10.2. The highest BCUT2D eigenvalue weighted by Crippen LogP contribution is 2.32. The van der Waals surface area contributed by atoms with Gasteiger partial charge >= 0.3 is 0 Å². The largest absolute Gasteiger partial charge is 0.310 e. The molecule has 16 heavy (non-hydrogen) atoms. The monoisotopic (exact) mass is 342 g/mol. The van der Waals surface area contributed by atoms with Crippen molar-refractivity contribution in [2.24, 2.45) is 0 Å². The van der Waals surface area contributed by atoms with Crippen molar-refractivity contribution in [1.82, 2.24) is 0 Å². The van der Waals surface area contributed by atoms with Crippen LogP contribution in [0.2, 0.25) is 0 Å². The maximum Gasteiger partial charge on any atom is 0.240 e. The average Bonchev–Trinajstić information content (AvgIpc) is 2.60. The van der Waals surface area contributed by atoms with Crippen LogP contribution in [0.4, 0.5) is 5.69 Å². The van der Waals surface area contributed by atoms with Crippen LogP contribution in [0.1, 0.15) is 12.0 Å². The molecule has 1 fully saturated rings. The lowest BCUT2D eigenvalue weighted by Gasteiger charge is -2.17. The molecule has 0 radical (unpaired) electrons. The van der Waals surface area contributed by atoms with Crippen molar-refractivity contribution in [3.63, 3.8) is 0 Å². The van der Waals surface area contributed by atoms with Crippen molar-refractivity contribution >= 4 is 43.5 Å². The first-order valence-corrected chi connectivity index (χ1v) is 6.49. The molecule has 1 aromatic rings. The fraction of sp³-hybridized carbons (Fsp3) is 0.273. The summed E-state index contributed by atoms with van der Waals surface area (Å²) < 4.78 is 0.779. The molecule has 3 nitrogen and oxygen atoms in total. The standard InChI is InChI=1S/C11H8Br2N2O/c12-8-3-4-15(11(8)16)10-2-1-7(6-14)5-9(10)13/h1-2,5,8H,3-4H2. The molecule has 1 amide bonds. The van der Waals surface area contributed by atoms with E-state index in [1.54, 1.807) is 23.1 Å². The number of nitriles is 1. The second kappa shape index (κ2) is 4.56. The summed E-state index contributed by atoms with van der Waals surface area (Å²) in [7, 11) is 0. The minimum Gasteiger partial charge on any atom is -0.310 e. The van der Waals surface area contributed by atoms with Gasteiger partial charge in [0.25, 0.3) is 0 Å². The van der Waals surface area contributed by atoms with Crippen LogP contribution >= 0.6 is 31.9 Å². The summed E-state index contributed by atoms with van der Waals surface area (Å²) in [6.07, 6.45) is 0.811. The van der Waals surface area contributed by atoms with Gasteiger partial charge in [0.15, 0.2) is 0 Å². The molecule has 2 rings (SSSR count). The van der Waals surface area contributed by atoms with Crippen LogP contribution in [0.5, 0.6) is 0 Å². The molecule has 1 atom stereocenters. The van der Waals surface area contributed by atoms with E-state index < -0.39 is 0 Å². The van der Waals surface area contributed by atoms with Crippen LogP contribution in [-0.4, -0.2) is 17.3 Å². The molecule has 82 valence electrons. The Kier molecular flexibility index (Phi) is 3.31. The van der Waals surface area contributed by atoms with Crippen molar-refractivity contribution in [1.29, 1.82) is 5.26 Å². The second-order valence-electron chi connectivity index (χ2n) is 3.52. The average molecular weight is 344 g/mol. The highest BCUT2D eigenvalue weighted by molar-refractivity contribution is 9.10. The van der Waals surface area contributed by atoms with E-state index in [0.29, 0.717) is 12.1 Å². The van der Waals surface area contributed by atoms with E-state index in [1.807, 2.05) is 0 Å². The number of amides is 1. The van der Waals surface area contributed by atoms with E-state index in [0.717, 1.165) is 16.6 Å². The van der Waals surface area contributed by atoms with Gasteiger partial charge in [-0.05, 0) is 40.5 Å². The Balaban J connectivity index is 2.35. The minimum atomic E-state index is -0.0879. The maximum atomic E-state index is 11.8. The Bertz CT molecular complexity index is 481. The lowest BCUT2D eigenvalue weighted by Crippen LogP contribution is -2.27. The molecule has 1 unspecified atom stereocenters. The molecule has 0 aromatic heterocycles. The van der Waals surface area contributed by atoms with Crippen LogP contribution in [0, 0.1) is 11.3 Å². The number of carbonyl (C=O) groups excluding carboxylic acids is 1. The first kappa shape index (κ1) is 11.6. The molecule has 1 aromatic carbocycles. The van der Waals surface area contributed by atoms with Crippen molar-refractivity contribution in [3.05, 3.63) is 28.2 Å². The van der Waals surface area contributed by atoms with Gasteiger partial charge in [-0.25, -0.2) is 0 Å². The molecule has 1 aliphatic heterocycles. The molecular weight excluding hydrogens is 336 g/mol. The van der Waals surface area contributed by atoms with Crippen LogP contribution in [0.15, 0.2) is 22.7 Å². The molecular formula is C11H8Br2N2O. The highest BCUT2D eigenvalue weighted by atomic mass is 79.9. The first-order chi connectivity index (χ1) is 7.63. The zero-order chi connectivity index (χ0) is 11.7. The number of rotatable bonds is 1. The fourth-order valence-electron chi connectivity index (χ4n) is 1.68. The van der Waals surface area contributed by atoms with E-state index in [9.17, 15) is 4.79 Å². The number of nitrogens with zero attached hydrogens (tertiary/aromatic N) is 2. The zero-order valence-electron chi connectivity index (χ0n) is 8.28. The first-order valence-electron chi connectivity index (χ1n) is 4.78. The molecule has 0 bridgehead atoms. The topological polar surface area (TPSA) is 44.1 Å². The zero-order valence-corrected chi connectivity index (χ0v) is 11.5. The summed E-state index contributed by atoms with van der Waals surface area (Å²) in [5, 5.41) is 8.75. The minimum absolute atomic E-state index is 0.0745. The Morgan fingerprint density at radius 1 is 1.50 bits per heavy atom. The number of hydrogen-bond donors (Lipinski definition) is 0. The lowest BCUT2D eigenvalue weighted by molar-refractivity contribution is -0.116. The predicted octanol–water partition coefficient (Wildman–Crippen LogP) is 2.82. The number of benzene rings is 1. The van der Waals surface area contributed by atoms with Gasteiger partial charge in [-0.1, -0.05) is 15.9 Å². The molecule has 0 spiro atoms. The van der Waals surface area contributed by atoms with E-state index in [-0.39, 0.29) is 10.7 Å². The summed E-state index contributed by atoms with van der Waals surface area (Å²) >= 11 is 6.72. The summed E-state index contributed by atoms with van der Waals surface area (Å²) in [5.41, 5.74) is 1.41. The molecule has 0 N–H and O–H groups in total. The fourth-order valence-corrected chi connectivity index (χ4v) is 2.72. The molecule has 1 saturated heterocycles. The Morgan fingerprint density at radius 2 is 2.25 bits per heavy atom. The van der Waals surface area contributed by atoms with E-state index in [2.05, 4.69) is 37.9 Å². The van der Waals surface area contributed by atoms with Crippen LogP contribution in [0.3, 0.4) is 0 Å². The third-order valence-electron chi connectivity index (χ3n) is 2.51. The normalized spacial score (nSPS) is 19.9. The molecule has 0 saturated carbocycles. The van der Waals surface area contributed by atoms with E-state index in [1.165, 1.54) is 0 Å². The Morgan fingerprint density at radius 3 is 2.75 bits per heavy atom. The summed E-state index contributed by atoms with van der Waals surface area (Å²) in [5.74, 6) is 0.0745. The molecule has 1 heterocycles. The van der Waals surface area contributed by atoms with Crippen LogP contribution in [-0.2, 0) is 4.79 Å². The van der Waals surface area contributed by atoms with Gasteiger partial charge in [0, 0.05) is 11.0 Å². The van der Waals surface area contributed by atoms with Gasteiger partial charge in [-0.3, -0.25) is 4.79 Å². The number of carbonyl (C=O) groups is 1. The summed E-state index contributed by atoms with van der Waals surface area (Å²) in [6, 6.07) is 7.30.